The van der Waals surface area contributed by atoms with Gasteiger partial charge in [-0.3, -0.25) is 9.59 Å². The maximum Gasteiger partial charge on any atom is 0.263 e. The zero-order valence-electron chi connectivity index (χ0n) is 11.3. The van der Waals surface area contributed by atoms with Crippen LogP contribution in [0.4, 0.5) is 0 Å². The Morgan fingerprint density at radius 3 is 2.70 bits per heavy atom. The SMILES string of the molecule is CC(C)C[C@H](NC(=O)c1sccc1Br)C(=O)NCC#N. The van der Waals surface area contributed by atoms with Gasteiger partial charge >= 0.3 is 0 Å². The molecule has 0 saturated heterocycles. The topological polar surface area (TPSA) is 82.0 Å². The van der Waals surface area contributed by atoms with E-state index in [0.717, 1.165) is 0 Å². The Labute approximate surface area is 130 Å². The molecular weight excluding hydrogens is 342 g/mol. The number of carbonyl (C=O) groups excluding carboxylic acids is 2. The molecule has 0 aliphatic heterocycles. The molecular formula is C13H16BrN3O2S. The average Bonchev–Trinajstić information content (AvgIpc) is 2.80. The molecule has 0 radical (unpaired) electrons. The van der Waals surface area contributed by atoms with E-state index in [9.17, 15) is 9.59 Å². The number of nitrogens with one attached hydrogen (secondary N) is 2. The van der Waals surface area contributed by atoms with Crippen molar-refractivity contribution in [3.63, 3.8) is 0 Å². The summed E-state index contributed by atoms with van der Waals surface area (Å²) in [6, 6.07) is 3.00. The highest BCUT2D eigenvalue weighted by molar-refractivity contribution is 9.10. The van der Waals surface area contributed by atoms with Gasteiger partial charge in [-0.2, -0.15) is 5.26 Å². The van der Waals surface area contributed by atoms with Gasteiger partial charge < -0.3 is 10.6 Å². The third-order valence-corrected chi connectivity index (χ3v) is 4.33. The van der Waals surface area contributed by atoms with Crippen LogP contribution in [0.1, 0.15) is 29.9 Å². The van der Waals surface area contributed by atoms with Gasteiger partial charge in [0, 0.05) is 4.47 Å². The van der Waals surface area contributed by atoms with Crippen LogP contribution in [-0.2, 0) is 4.79 Å². The molecule has 0 fully saturated rings. The fourth-order valence-corrected chi connectivity index (χ4v) is 3.09. The van der Waals surface area contributed by atoms with Gasteiger partial charge in [-0.25, -0.2) is 0 Å². The van der Waals surface area contributed by atoms with Gasteiger partial charge in [-0.05, 0) is 39.7 Å². The number of hydrogen-bond acceptors (Lipinski definition) is 4. The van der Waals surface area contributed by atoms with E-state index in [0.29, 0.717) is 15.8 Å². The Hall–Kier alpha value is -1.39. The smallest absolute Gasteiger partial charge is 0.263 e. The summed E-state index contributed by atoms with van der Waals surface area (Å²) in [5.41, 5.74) is 0. The van der Waals surface area contributed by atoms with Gasteiger partial charge in [-0.1, -0.05) is 13.8 Å². The van der Waals surface area contributed by atoms with Crippen molar-refractivity contribution < 1.29 is 9.59 Å². The summed E-state index contributed by atoms with van der Waals surface area (Å²) in [6.07, 6.45) is 0.520. The first-order chi connectivity index (χ1) is 9.45. The van der Waals surface area contributed by atoms with Crippen LogP contribution in [0.5, 0.6) is 0 Å². The van der Waals surface area contributed by atoms with E-state index >= 15 is 0 Å². The van der Waals surface area contributed by atoms with E-state index < -0.39 is 6.04 Å². The molecule has 108 valence electrons. The van der Waals surface area contributed by atoms with Crippen LogP contribution in [0.2, 0.25) is 0 Å². The third kappa shape index (κ3) is 4.94. The molecule has 0 aromatic carbocycles. The van der Waals surface area contributed by atoms with Gasteiger partial charge in [-0.15, -0.1) is 11.3 Å². The van der Waals surface area contributed by atoms with Crippen molar-refractivity contribution in [1.29, 1.82) is 5.26 Å². The Kier molecular flexibility index (Phi) is 6.68. The number of halogens is 1. The molecule has 1 aromatic heterocycles. The number of thiophene rings is 1. The summed E-state index contributed by atoms with van der Waals surface area (Å²) in [5, 5.41) is 15.5. The van der Waals surface area contributed by atoms with E-state index in [1.54, 1.807) is 11.4 Å². The minimum absolute atomic E-state index is 0.0635. The van der Waals surface area contributed by atoms with Crippen molar-refractivity contribution in [3.05, 3.63) is 20.8 Å². The predicted octanol–water partition coefficient (Wildman–Crippen LogP) is 2.29. The van der Waals surface area contributed by atoms with Crippen LogP contribution in [0.3, 0.4) is 0 Å². The number of nitrogens with zero attached hydrogens (tertiary/aromatic N) is 1. The fraction of sp³-hybridized carbons (Fsp3) is 0.462. The zero-order valence-corrected chi connectivity index (χ0v) is 13.7. The summed E-state index contributed by atoms with van der Waals surface area (Å²) in [4.78, 5) is 24.6. The van der Waals surface area contributed by atoms with Gasteiger partial charge in [0.05, 0.1) is 6.07 Å². The lowest BCUT2D eigenvalue weighted by molar-refractivity contribution is -0.123. The lowest BCUT2D eigenvalue weighted by Crippen LogP contribution is -2.47. The Bertz CT molecular complexity index is 522. The van der Waals surface area contributed by atoms with Crippen LogP contribution in [0, 0.1) is 17.2 Å². The largest absolute Gasteiger partial charge is 0.341 e. The first kappa shape index (κ1) is 16.7. The molecule has 2 N–H and O–H groups in total. The van der Waals surface area contributed by atoms with E-state index in [1.165, 1.54) is 11.3 Å². The standard InChI is InChI=1S/C13H16BrN3O2S/c1-8(2)7-10(12(18)16-5-4-15)17-13(19)11-9(14)3-6-20-11/h3,6,8,10H,5,7H2,1-2H3,(H,16,18)(H,17,19)/t10-/m0/s1. The summed E-state index contributed by atoms with van der Waals surface area (Å²) < 4.78 is 0.709. The lowest BCUT2D eigenvalue weighted by Gasteiger charge is -2.19. The van der Waals surface area contributed by atoms with Crippen molar-refractivity contribution in [2.45, 2.75) is 26.3 Å². The molecule has 0 spiro atoms. The Morgan fingerprint density at radius 2 is 2.20 bits per heavy atom. The second-order valence-electron chi connectivity index (χ2n) is 4.63. The number of hydrogen-bond donors (Lipinski definition) is 2. The van der Waals surface area contributed by atoms with Crippen LogP contribution in [-0.4, -0.2) is 24.4 Å². The second-order valence-corrected chi connectivity index (χ2v) is 6.40. The van der Waals surface area contributed by atoms with Gasteiger partial charge in [0.15, 0.2) is 0 Å². The molecule has 5 nitrogen and oxygen atoms in total. The van der Waals surface area contributed by atoms with E-state index in [-0.39, 0.29) is 24.3 Å². The zero-order chi connectivity index (χ0) is 15.1. The van der Waals surface area contributed by atoms with Crippen molar-refractivity contribution in [1.82, 2.24) is 10.6 Å². The maximum atomic E-state index is 12.1. The van der Waals surface area contributed by atoms with Crippen LogP contribution < -0.4 is 10.6 Å². The molecule has 2 amide bonds. The minimum Gasteiger partial charge on any atom is -0.341 e. The molecule has 1 rings (SSSR count). The molecule has 0 aliphatic carbocycles. The van der Waals surface area contributed by atoms with Crippen LogP contribution in [0.25, 0.3) is 0 Å². The highest BCUT2D eigenvalue weighted by Crippen LogP contribution is 2.22. The molecule has 7 heteroatoms. The average molecular weight is 358 g/mol. The summed E-state index contributed by atoms with van der Waals surface area (Å²) >= 11 is 4.60. The number of amides is 2. The summed E-state index contributed by atoms with van der Waals surface area (Å²) in [7, 11) is 0. The van der Waals surface area contributed by atoms with E-state index in [2.05, 4.69) is 26.6 Å². The van der Waals surface area contributed by atoms with Crippen molar-refractivity contribution in [2.75, 3.05) is 6.54 Å². The lowest BCUT2D eigenvalue weighted by atomic mass is 10.0. The summed E-state index contributed by atoms with van der Waals surface area (Å²) in [5.74, 6) is -0.370. The molecule has 20 heavy (non-hydrogen) atoms. The van der Waals surface area contributed by atoms with Crippen molar-refractivity contribution in [2.24, 2.45) is 5.92 Å². The summed E-state index contributed by atoms with van der Waals surface area (Å²) in [6.45, 7) is 3.88. The first-order valence-corrected chi connectivity index (χ1v) is 7.81. The van der Waals surface area contributed by atoms with E-state index in [1.807, 2.05) is 19.9 Å². The fourth-order valence-electron chi connectivity index (χ4n) is 1.63. The second kappa shape index (κ2) is 8.02. The minimum atomic E-state index is -0.634. The van der Waals surface area contributed by atoms with Crippen LogP contribution in [0.15, 0.2) is 15.9 Å². The molecule has 0 bridgehead atoms. The van der Waals surface area contributed by atoms with Crippen LogP contribution >= 0.6 is 27.3 Å². The molecule has 1 aromatic rings. The van der Waals surface area contributed by atoms with Crippen molar-refractivity contribution in [3.8, 4) is 6.07 Å². The van der Waals surface area contributed by atoms with Gasteiger partial charge in [0.2, 0.25) is 5.91 Å². The number of nitriles is 1. The maximum absolute atomic E-state index is 12.1. The normalized spacial score (nSPS) is 11.8. The molecule has 1 heterocycles. The predicted molar refractivity (Wildman–Crippen MR) is 81.4 cm³/mol. The first-order valence-electron chi connectivity index (χ1n) is 6.14. The monoisotopic (exact) mass is 357 g/mol. The van der Waals surface area contributed by atoms with Crippen molar-refractivity contribution >= 4 is 39.1 Å². The Balaban J connectivity index is 2.74. The highest BCUT2D eigenvalue weighted by atomic mass is 79.9. The van der Waals surface area contributed by atoms with Gasteiger partial charge in [0.25, 0.3) is 5.91 Å². The quantitative estimate of drug-likeness (QED) is 0.766. The number of rotatable bonds is 6. The number of carbonyl (C=O) groups is 2. The van der Waals surface area contributed by atoms with E-state index in [4.69, 9.17) is 5.26 Å². The molecule has 0 saturated carbocycles. The van der Waals surface area contributed by atoms with Gasteiger partial charge in [0.1, 0.15) is 17.5 Å². The third-order valence-electron chi connectivity index (χ3n) is 2.49. The Morgan fingerprint density at radius 1 is 1.50 bits per heavy atom. The highest BCUT2D eigenvalue weighted by Gasteiger charge is 2.23. The molecule has 0 aliphatic rings. The molecule has 1 atom stereocenters. The molecule has 0 unspecified atom stereocenters.